The first-order valence-electron chi connectivity index (χ1n) is 20.6. The summed E-state index contributed by atoms with van der Waals surface area (Å²) in [6.07, 6.45) is 0. The maximum Gasteiger partial charge on any atom is 0.0640 e. The second kappa shape index (κ2) is 15.1. The molecule has 0 radical (unpaired) electrons. The fourth-order valence-corrected chi connectivity index (χ4v) is 8.84. The van der Waals surface area contributed by atoms with E-state index in [-0.39, 0.29) is 0 Å². The topological polar surface area (TPSA) is 8.17 Å². The fraction of sp³-hybridized carbons (Fsp3) is 0. The number of hydrogen-bond acceptors (Lipinski definition) is 1. The van der Waals surface area contributed by atoms with Crippen molar-refractivity contribution in [3.63, 3.8) is 0 Å². The lowest BCUT2D eigenvalue weighted by atomic mass is 9.98. The van der Waals surface area contributed by atoms with E-state index in [1.807, 2.05) is 0 Å². The Morgan fingerprint density at radius 3 is 1.22 bits per heavy atom. The third kappa shape index (κ3) is 6.32. The van der Waals surface area contributed by atoms with Crippen LogP contribution >= 0.6 is 0 Å². The lowest BCUT2D eigenvalue weighted by Gasteiger charge is -2.27. The minimum atomic E-state index is 1.09. The molecule has 11 aromatic rings. The average Bonchev–Trinajstić information content (AvgIpc) is 3.68. The van der Waals surface area contributed by atoms with Gasteiger partial charge in [0.15, 0.2) is 0 Å². The average molecular weight is 765 g/mol. The summed E-state index contributed by atoms with van der Waals surface area (Å²) in [5, 5.41) is 4.80. The molecule has 2 heteroatoms. The van der Waals surface area contributed by atoms with Gasteiger partial charge in [0, 0.05) is 33.2 Å². The highest BCUT2D eigenvalue weighted by Crippen LogP contribution is 2.48. The molecule has 0 amide bonds. The van der Waals surface area contributed by atoms with Gasteiger partial charge in [-0.15, -0.1) is 0 Å². The Bertz CT molecular complexity index is 3160. The molecule has 0 spiro atoms. The van der Waals surface area contributed by atoms with Crippen molar-refractivity contribution in [2.75, 3.05) is 4.90 Å². The van der Waals surface area contributed by atoms with Gasteiger partial charge in [0.25, 0.3) is 0 Å². The second-order valence-corrected chi connectivity index (χ2v) is 15.3. The van der Waals surface area contributed by atoms with Crippen LogP contribution in [-0.2, 0) is 0 Å². The minimum absolute atomic E-state index is 1.09. The van der Waals surface area contributed by atoms with Crippen LogP contribution in [0.3, 0.4) is 0 Å². The van der Waals surface area contributed by atoms with E-state index in [0.717, 1.165) is 28.3 Å². The summed E-state index contributed by atoms with van der Waals surface area (Å²) in [6.45, 7) is 0. The van der Waals surface area contributed by atoms with Crippen molar-refractivity contribution in [2.45, 2.75) is 0 Å². The van der Waals surface area contributed by atoms with E-state index in [1.165, 1.54) is 71.6 Å². The van der Waals surface area contributed by atoms with Gasteiger partial charge < -0.3 is 9.47 Å². The molecule has 0 bridgehead atoms. The molecule has 2 nitrogen and oxygen atoms in total. The Morgan fingerprint density at radius 1 is 0.300 bits per heavy atom. The van der Waals surface area contributed by atoms with Crippen LogP contribution in [-0.4, -0.2) is 4.57 Å². The van der Waals surface area contributed by atoms with E-state index in [1.54, 1.807) is 0 Å². The van der Waals surface area contributed by atoms with Gasteiger partial charge in [-0.05, 0) is 98.4 Å². The van der Waals surface area contributed by atoms with Gasteiger partial charge in [0.05, 0.1) is 16.7 Å². The first-order valence-corrected chi connectivity index (χ1v) is 20.6. The van der Waals surface area contributed by atoms with Crippen LogP contribution in [0.2, 0.25) is 0 Å². The van der Waals surface area contributed by atoms with Crippen LogP contribution in [0.1, 0.15) is 0 Å². The zero-order valence-corrected chi connectivity index (χ0v) is 33.0. The standard InChI is InChI=1S/C58H40N2/c1-5-15-41(16-6-1)44-25-27-47(28-26-44)48-33-38-54-55(39-48)60(50-22-11-4-12-23-50)58-53-24-14-13-21-49(53)40-56(57(54)58)59(51-34-29-45(30-35-51)42-17-7-2-8-18-42)52-36-31-46(32-37-52)43-19-9-3-10-20-43/h1-40H. The van der Waals surface area contributed by atoms with Crippen molar-refractivity contribution in [1.82, 2.24) is 4.57 Å². The molecule has 0 aliphatic carbocycles. The Labute approximate surface area is 350 Å². The number of fused-ring (bicyclic) bond motifs is 5. The molecule has 0 atom stereocenters. The molecule has 282 valence electrons. The number of rotatable bonds is 8. The number of anilines is 3. The van der Waals surface area contributed by atoms with Crippen molar-refractivity contribution in [2.24, 2.45) is 0 Å². The number of benzene rings is 10. The van der Waals surface area contributed by atoms with E-state index in [2.05, 4.69) is 252 Å². The molecule has 0 aliphatic rings. The van der Waals surface area contributed by atoms with Gasteiger partial charge in [-0.2, -0.15) is 0 Å². The number of para-hydroxylation sites is 1. The van der Waals surface area contributed by atoms with Crippen molar-refractivity contribution in [3.8, 4) is 50.2 Å². The molecule has 0 saturated carbocycles. The predicted octanol–water partition coefficient (Wildman–Crippen LogP) is 16.1. The van der Waals surface area contributed by atoms with Gasteiger partial charge in [-0.25, -0.2) is 0 Å². The van der Waals surface area contributed by atoms with E-state index in [9.17, 15) is 0 Å². The molecule has 0 fully saturated rings. The number of aromatic nitrogens is 1. The van der Waals surface area contributed by atoms with E-state index in [4.69, 9.17) is 0 Å². The smallest absolute Gasteiger partial charge is 0.0640 e. The molecule has 0 N–H and O–H groups in total. The van der Waals surface area contributed by atoms with Crippen LogP contribution in [0, 0.1) is 0 Å². The van der Waals surface area contributed by atoms with Crippen LogP contribution < -0.4 is 4.90 Å². The molecule has 1 heterocycles. The molecule has 10 aromatic carbocycles. The number of nitrogens with zero attached hydrogens (tertiary/aromatic N) is 2. The van der Waals surface area contributed by atoms with Gasteiger partial charge >= 0.3 is 0 Å². The highest BCUT2D eigenvalue weighted by molar-refractivity contribution is 6.25. The molecule has 1 aromatic heterocycles. The Morgan fingerprint density at radius 2 is 0.700 bits per heavy atom. The quantitative estimate of drug-likeness (QED) is 0.150. The van der Waals surface area contributed by atoms with Gasteiger partial charge in [-0.1, -0.05) is 194 Å². The number of hydrogen-bond donors (Lipinski definition) is 0. The Balaban J connectivity index is 1.17. The highest BCUT2D eigenvalue weighted by Gasteiger charge is 2.24. The largest absolute Gasteiger partial charge is 0.310 e. The van der Waals surface area contributed by atoms with Crippen LogP contribution in [0.25, 0.3) is 82.8 Å². The predicted molar refractivity (Wildman–Crippen MR) is 255 cm³/mol. The minimum Gasteiger partial charge on any atom is -0.310 e. The lowest BCUT2D eigenvalue weighted by molar-refractivity contribution is 1.19. The van der Waals surface area contributed by atoms with E-state index >= 15 is 0 Å². The van der Waals surface area contributed by atoms with Gasteiger partial charge in [0.2, 0.25) is 0 Å². The van der Waals surface area contributed by atoms with Crippen molar-refractivity contribution < 1.29 is 0 Å². The molecule has 0 aliphatic heterocycles. The molecular weight excluding hydrogens is 725 g/mol. The van der Waals surface area contributed by atoms with Crippen LogP contribution in [0.4, 0.5) is 17.1 Å². The molecule has 0 unspecified atom stereocenters. The maximum absolute atomic E-state index is 2.48. The van der Waals surface area contributed by atoms with Crippen molar-refractivity contribution >= 4 is 49.6 Å². The third-order valence-electron chi connectivity index (χ3n) is 11.8. The molecular formula is C58H40N2. The van der Waals surface area contributed by atoms with Crippen LogP contribution in [0.15, 0.2) is 243 Å². The summed E-state index contributed by atoms with van der Waals surface area (Å²) in [5.41, 5.74) is 16.4. The summed E-state index contributed by atoms with van der Waals surface area (Å²) >= 11 is 0. The maximum atomic E-state index is 2.48. The zero-order valence-electron chi connectivity index (χ0n) is 33.0. The van der Waals surface area contributed by atoms with Gasteiger partial charge in [0.1, 0.15) is 0 Å². The van der Waals surface area contributed by atoms with Crippen molar-refractivity contribution in [3.05, 3.63) is 243 Å². The first kappa shape index (κ1) is 35.2. The second-order valence-electron chi connectivity index (χ2n) is 15.3. The first-order chi connectivity index (χ1) is 29.8. The monoisotopic (exact) mass is 764 g/mol. The summed E-state index contributed by atoms with van der Waals surface area (Å²) in [4.78, 5) is 2.45. The Kier molecular flexibility index (Phi) is 8.87. The third-order valence-corrected chi connectivity index (χ3v) is 11.8. The van der Waals surface area contributed by atoms with Crippen molar-refractivity contribution in [1.29, 1.82) is 0 Å². The molecule has 11 rings (SSSR count). The summed E-state index contributed by atoms with van der Waals surface area (Å²) in [5.74, 6) is 0. The fourth-order valence-electron chi connectivity index (χ4n) is 8.84. The van der Waals surface area contributed by atoms with Crippen LogP contribution in [0.5, 0.6) is 0 Å². The van der Waals surface area contributed by atoms with Gasteiger partial charge in [-0.3, -0.25) is 0 Å². The molecule has 60 heavy (non-hydrogen) atoms. The van der Waals surface area contributed by atoms with E-state index in [0.29, 0.717) is 0 Å². The highest BCUT2D eigenvalue weighted by atomic mass is 15.1. The summed E-state index contributed by atoms with van der Waals surface area (Å²) in [7, 11) is 0. The Hall–Kier alpha value is -7.94. The molecule has 0 saturated heterocycles. The normalized spacial score (nSPS) is 11.3. The SMILES string of the molecule is c1ccc(-c2ccc(-c3ccc4c5c(N(c6ccc(-c7ccccc7)cc6)c6ccc(-c7ccccc7)cc6)cc6ccccc6c5n(-c5ccccc5)c4c3)cc2)cc1. The summed E-state index contributed by atoms with van der Waals surface area (Å²) < 4.78 is 2.48. The lowest BCUT2D eigenvalue weighted by Crippen LogP contribution is -2.10. The summed E-state index contributed by atoms with van der Waals surface area (Å²) in [6, 6.07) is 87.9. The van der Waals surface area contributed by atoms with E-state index < -0.39 is 0 Å². The zero-order chi connectivity index (χ0) is 39.8.